The molecule has 1 aromatic carbocycles. The van der Waals surface area contributed by atoms with Crippen molar-refractivity contribution < 1.29 is 9.90 Å². The minimum Gasteiger partial charge on any atom is -0.392 e. The van der Waals surface area contributed by atoms with Crippen LogP contribution in [-0.2, 0) is 0 Å². The van der Waals surface area contributed by atoms with Gasteiger partial charge in [-0.3, -0.25) is 14.7 Å². The van der Waals surface area contributed by atoms with E-state index in [9.17, 15) is 14.7 Å². The second-order valence-corrected chi connectivity index (χ2v) is 7.54. The van der Waals surface area contributed by atoms with Crippen molar-refractivity contribution in [2.75, 3.05) is 6.54 Å². The Labute approximate surface area is 147 Å². The Bertz CT molecular complexity index is 785. The zero-order valence-corrected chi connectivity index (χ0v) is 15.5. The Morgan fingerprint density at radius 1 is 1.28 bits per heavy atom. The van der Waals surface area contributed by atoms with Crippen molar-refractivity contribution in [3.8, 4) is 5.69 Å². The van der Waals surface area contributed by atoms with Crippen LogP contribution in [0.5, 0.6) is 0 Å². The van der Waals surface area contributed by atoms with Crippen LogP contribution >= 0.6 is 0 Å². The van der Waals surface area contributed by atoms with Crippen LogP contribution in [0.2, 0.25) is 0 Å². The molecule has 0 radical (unpaired) electrons. The molecule has 1 amide bonds. The first-order chi connectivity index (χ1) is 11.6. The first kappa shape index (κ1) is 19.0. The number of carbonyl (C=O) groups excluding carboxylic acids is 1. The van der Waals surface area contributed by atoms with Gasteiger partial charge in [0.25, 0.3) is 11.5 Å². The lowest BCUT2D eigenvalue weighted by Crippen LogP contribution is -2.43. The lowest BCUT2D eigenvalue weighted by Gasteiger charge is -2.33. The molecule has 6 nitrogen and oxygen atoms in total. The third kappa shape index (κ3) is 4.39. The van der Waals surface area contributed by atoms with Crippen molar-refractivity contribution in [2.45, 2.75) is 40.7 Å². The maximum absolute atomic E-state index is 12.4. The lowest BCUT2D eigenvalue weighted by atomic mass is 9.80. The van der Waals surface area contributed by atoms with E-state index in [1.807, 2.05) is 58.9 Å². The molecule has 0 bridgehead atoms. The number of nitrogens with zero attached hydrogens (tertiary/aromatic N) is 1. The molecule has 1 heterocycles. The number of hydrogen-bond donors (Lipinski definition) is 3. The molecule has 0 aliphatic carbocycles. The standard InChI is InChI=1S/C19H27N3O3/c1-12(2)17(24)19(4,5)11-20-18(25)15-10-16(23)22(21-15)14-8-6-13(3)7-9-14/h6-10,12,17,21,24H,11H2,1-5H3,(H,20,25). The number of carbonyl (C=O) groups is 1. The fourth-order valence-corrected chi connectivity index (χ4v) is 2.81. The lowest BCUT2D eigenvalue weighted by molar-refractivity contribution is 0.0138. The maximum atomic E-state index is 12.4. The zero-order valence-electron chi connectivity index (χ0n) is 15.5. The number of aryl methyl sites for hydroxylation is 1. The molecule has 2 rings (SSSR count). The summed E-state index contributed by atoms with van der Waals surface area (Å²) in [5.41, 5.74) is 1.19. The smallest absolute Gasteiger partial charge is 0.271 e. The van der Waals surface area contributed by atoms with E-state index in [4.69, 9.17) is 0 Å². The van der Waals surface area contributed by atoms with Gasteiger partial charge in [-0.15, -0.1) is 0 Å². The summed E-state index contributed by atoms with van der Waals surface area (Å²) in [6.45, 7) is 9.95. The number of rotatable bonds is 6. The first-order valence-corrected chi connectivity index (χ1v) is 8.47. The molecule has 6 heteroatoms. The number of aliphatic hydroxyl groups is 1. The Morgan fingerprint density at radius 3 is 2.44 bits per heavy atom. The van der Waals surface area contributed by atoms with Gasteiger partial charge in [-0.1, -0.05) is 45.4 Å². The average Bonchev–Trinajstić information content (AvgIpc) is 2.94. The van der Waals surface area contributed by atoms with E-state index in [2.05, 4.69) is 10.4 Å². The highest BCUT2D eigenvalue weighted by atomic mass is 16.3. The van der Waals surface area contributed by atoms with Crippen LogP contribution in [0, 0.1) is 18.3 Å². The summed E-state index contributed by atoms with van der Waals surface area (Å²) >= 11 is 0. The fourth-order valence-electron chi connectivity index (χ4n) is 2.81. The number of aromatic nitrogens is 2. The molecule has 1 aromatic heterocycles. The quantitative estimate of drug-likeness (QED) is 0.750. The fraction of sp³-hybridized carbons (Fsp3) is 0.474. The second-order valence-electron chi connectivity index (χ2n) is 7.54. The summed E-state index contributed by atoms with van der Waals surface area (Å²) in [7, 11) is 0. The summed E-state index contributed by atoms with van der Waals surface area (Å²) < 4.78 is 1.34. The number of hydrogen-bond acceptors (Lipinski definition) is 3. The van der Waals surface area contributed by atoms with Gasteiger partial charge >= 0.3 is 0 Å². The number of amides is 1. The topological polar surface area (TPSA) is 87.1 Å². The van der Waals surface area contributed by atoms with E-state index in [0.717, 1.165) is 5.56 Å². The van der Waals surface area contributed by atoms with Crippen LogP contribution in [0.1, 0.15) is 43.7 Å². The Balaban J connectivity index is 2.12. The molecule has 0 saturated heterocycles. The number of nitrogens with one attached hydrogen (secondary N) is 2. The van der Waals surface area contributed by atoms with Gasteiger partial charge in [-0.25, -0.2) is 4.68 Å². The van der Waals surface area contributed by atoms with Crippen molar-refractivity contribution in [2.24, 2.45) is 11.3 Å². The monoisotopic (exact) mass is 345 g/mol. The van der Waals surface area contributed by atoms with Gasteiger partial charge in [0, 0.05) is 18.0 Å². The normalized spacial score (nSPS) is 13.1. The molecule has 3 N–H and O–H groups in total. The molecule has 0 aliphatic rings. The van der Waals surface area contributed by atoms with Gasteiger partial charge in [0.05, 0.1) is 11.8 Å². The van der Waals surface area contributed by atoms with Gasteiger partial charge in [0.15, 0.2) is 0 Å². The molecular weight excluding hydrogens is 318 g/mol. The van der Waals surface area contributed by atoms with Gasteiger partial charge in [-0.2, -0.15) is 0 Å². The molecule has 2 aromatic rings. The molecule has 136 valence electrons. The third-order valence-electron chi connectivity index (χ3n) is 4.39. The Hall–Kier alpha value is -2.34. The summed E-state index contributed by atoms with van der Waals surface area (Å²) in [4.78, 5) is 24.5. The summed E-state index contributed by atoms with van der Waals surface area (Å²) in [5.74, 6) is -0.277. The van der Waals surface area contributed by atoms with Crippen LogP contribution in [0.25, 0.3) is 5.69 Å². The van der Waals surface area contributed by atoms with E-state index < -0.39 is 11.5 Å². The van der Waals surface area contributed by atoms with E-state index >= 15 is 0 Å². The molecule has 0 fully saturated rings. The van der Waals surface area contributed by atoms with Crippen molar-refractivity contribution >= 4 is 5.91 Å². The highest BCUT2D eigenvalue weighted by Gasteiger charge is 2.30. The first-order valence-electron chi connectivity index (χ1n) is 8.47. The van der Waals surface area contributed by atoms with Crippen LogP contribution in [0.15, 0.2) is 35.1 Å². The van der Waals surface area contributed by atoms with Crippen LogP contribution in [0.3, 0.4) is 0 Å². The predicted octanol–water partition coefficient (Wildman–Crippen LogP) is 2.25. The van der Waals surface area contributed by atoms with Crippen LogP contribution < -0.4 is 10.9 Å². The van der Waals surface area contributed by atoms with Gasteiger partial charge in [0.1, 0.15) is 5.69 Å². The Morgan fingerprint density at radius 2 is 1.88 bits per heavy atom. The van der Waals surface area contributed by atoms with Crippen molar-refractivity contribution in [3.05, 3.63) is 51.9 Å². The summed E-state index contributed by atoms with van der Waals surface area (Å²) in [6, 6.07) is 8.71. The van der Waals surface area contributed by atoms with Gasteiger partial charge < -0.3 is 10.4 Å². The minimum absolute atomic E-state index is 0.0920. The molecule has 25 heavy (non-hydrogen) atoms. The van der Waals surface area contributed by atoms with Gasteiger partial charge in [0.2, 0.25) is 0 Å². The van der Waals surface area contributed by atoms with Crippen molar-refractivity contribution in [3.63, 3.8) is 0 Å². The average molecular weight is 345 g/mol. The number of aliphatic hydroxyl groups excluding tert-OH is 1. The highest BCUT2D eigenvalue weighted by molar-refractivity contribution is 5.92. The largest absolute Gasteiger partial charge is 0.392 e. The minimum atomic E-state index is -0.538. The van der Waals surface area contributed by atoms with E-state index in [-0.39, 0.29) is 23.1 Å². The van der Waals surface area contributed by atoms with Crippen LogP contribution in [0.4, 0.5) is 0 Å². The van der Waals surface area contributed by atoms with Crippen molar-refractivity contribution in [1.82, 2.24) is 15.1 Å². The number of aromatic amines is 1. The molecule has 0 saturated carbocycles. The molecule has 0 spiro atoms. The number of benzene rings is 1. The van der Waals surface area contributed by atoms with E-state index in [0.29, 0.717) is 12.2 Å². The van der Waals surface area contributed by atoms with E-state index in [1.54, 1.807) is 0 Å². The molecule has 1 atom stereocenters. The number of H-pyrrole nitrogens is 1. The SMILES string of the molecule is Cc1ccc(-n2[nH]c(C(=O)NCC(C)(C)C(O)C(C)C)cc2=O)cc1. The zero-order chi connectivity index (χ0) is 18.8. The van der Waals surface area contributed by atoms with Crippen molar-refractivity contribution in [1.29, 1.82) is 0 Å². The van der Waals surface area contributed by atoms with E-state index in [1.165, 1.54) is 10.7 Å². The third-order valence-corrected chi connectivity index (χ3v) is 4.39. The second kappa shape index (κ2) is 7.27. The molecular formula is C19H27N3O3. The molecule has 0 aliphatic heterocycles. The molecule has 1 unspecified atom stereocenters. The summed E-state index contributed by atoms with van der Waals surface area (Å²) in [5, 5.41) is 15.9. The van der Waals surface area contributed by atoms with Gasteiger partial charge in [-0.05, 0) is 25.0 Å². The summed E-state index contributed by atoms with van der Waals surface area (Å²) in [6.07, 6.45) is -0.538. The van der Waals surface area contributed by atoms with Crippen LogP contribution in [-0.4, -0.2) is 33.4 Å². The predicted molar refractivity (Wildman–Crippen MR) is 98.1 cm³/mol. The maximum Gasteiger partial charge on any atom is 0.271 e. The Kier molecular flexibility index (Phi) is 5.52. The highest BCUT2D eigenvalue weighted by Crippen LogP contribution is 2.25.